The maximum Gasteiger partial charge on any atom is 0.251 e. The average molecular weight is 349 g/mol. The van der Waals surface area contributed by atoms with Gasteiger partial charge in [0, 0.05) is 37.8 Å². The summed E-state index contributed by atoms with van der Waals surface area (Å²) in [4.78, 5) is 28.6. The van der Waals surface area contributed by atoms with Crippen LogP contribution in [0.4, 0.5) is 0 Å². The van der Waals surface area contributed by atoms with E-state index in [9.17, 15) is 9.59 Å². The van der Waals surface area contributed by atoms with E-state index in [4.69, 9.17) is 0 Å². The number of fused-ring (bicyclic) bond motifs is 1. The molecule has 2 amide bonds. The lowest BCUT2D eigenvalue weighted by Crippen LogP contribution is -2.62. The van der Waals surface area contributed by atoms with Crippen LogP contribution in [0.3, 0.4) is 0 Å². The summed E-state index contributed by atoms with van der Waals surface area (Å²) in [6.07, 6.45) is 1.08. The zero-order valence-corrected chi connectivity index (χ0v) is 14.7. The van der Waals surface area contributed by atoms with Crippen molar-refractivity contribution in [1.82, 2.24) is 15.1 Å². The third kappa shape index (κ3) is 3.48. The van der Waals surface area contributed by atoms with E-state index in [1.807, 2.05) is 23.1 Å². The summed E-state index contributed by atoms with van der Waals surface area (Å²) in [5.74, 6) is -0.216. The molecule has 4 rings (SSSR count). The van der Waals surface area contributed by atoms with Gasteiger partial charge in [0.1, 0.15) is 0 Å². The van der Waals surface area contributed by atoms with Gasteiger partial charge in [-0.25, -0.2) is 0 Å². The Morgan fingerprint density at radius 1 is 0.962 bits per heavy atom. The molecule has 0 radical (unpaired) electrons. The Balaban J connectivity index is 1.24. The Morgan fingerprint density at radius 2 is 1.65 bits per heavy atom. The number of nitrogens with one attached hydrogen (secondary N) is 1. The molecule has 0 saturated carbocycles. The van der Waals surface area contributed by atoms with Crippen molar-refractivity contribution in [1.29, 1.82) is 0 Å². The lowest BCUT2D eigenvalue weighted by Gasteiger charge is -2.47. The van der Waals surface area contributed by atoms with Gasteiger partial charge in [-0.15, -0.1) is 0 Å². The van der Waals surface area contributed by atoms with Gasteiger partial charge in [-0.1, -0.05) is 42.5 Å². The molecule has 0 unspecified atom stereocenters. The largest absolute Gasteiger partial charge is 0.343 e. The molecule has 26 heavy (non-hydrogen) atoms. The lowest BCUT2D eigenvalue weighted by atomic mass is 9.96. The molecule has 0 aliphatic carbocycles. The van der Waals surface area contributed by atoms with Crippen LogP contribution in [0.5, 0.6) is 0 Å². The van der Waals surface area contributed by atoms with E-state index in [-0.39, 0.29) is 18.4 Å². The maximum absolute atomic E-state index is 12.3. The predicted molar refractivity (Wildman–Crippen MR) is 99.7 cm³/mol. The minimum absolute atomic E-state index is 0.0112. The number of rotatable bonds is 4. The molecule has 0 bridgehead atoms. The van der Waals surface area contributed by atoms with Gasteiger partial charge in [-0.05, 0) is 29.7 Å². The van der Waals surface area contributed by atoms with Crippen LogP contribution in [0.2, 0.25) is 0 Å². The molecule has 1 fully saturated rings. The molecule has 0 atom stereocenters. The summed E-state index contributed by atoms with van der Waals surface area (Å²) in [6.45, 7) is 3.58. The topological polar surface area (TPSA) is 52.7 Å². The van der Waals surface area contributed by atoms with E-state index in [1.54, 1.807) is 12.1 Å². The second kappa shape index (κ2) is 7.30. The van der Waals surface area contributed by atoms with Crippen molar-refractivity contribution in [2.75, 3.05) is 26.2 Å². The van der Waals surface area contributed by atoms with E-state index in [2.05, 4.69) is 34.5 Å². The van der Waals surface area contributed by atoms with Crippen LogP contribution in [0, 0.1) is 0 Å². The highest BCUT2D eigenvalue weighted by Crippen LogP contribution is 2.24. The lowest BCUT2D eigenvalue weighted by molar-refractivity contribution is -0.137. The highest BCUT2D eigenvalue weighted by Gasteiger charge is 2.35. The number of likely N-dealkylation sites (tertiary alicyclic amines) is 1. The Kier molecular flexibility index (Phi) is 4.71. The van der Waals surface area contributed by atoms with E-state index < -0.39 is 0 Å². The number of hydrogen-bond donors (Lipinski definition) is 1. The molecular weight excluding hydrogens is 326 g/mol. The van der Waals surface area contributed by atoms with Gasteiger partial charge in [-0.3, -0.25) is 14.5 Å². The predicted octanol–water partition coefficient (Wildman–Crippen LogP) is 1.69. The van der Waals surface area contributed by atoms with Crippen molar-refractivity contribution in [2.24, 2.45) is 0 Å². The van der Waals surface area contributed by atoms with Crippen molar-refractivity contribution < 1.29 is 9.59 Å². The van der Waals surface area contributed by atoms with Crippen LogP contribution in [0.1, 0.15) is 21.5 Å². The van der Waals surface area contributed by atoms with Crippen molar-refractivity contribution >= 4 is 11.8 Å². The van der Waals surface area contributed by atoms with Crippen molar-refractivity contribution in [3.63, 3.8) is 0 Å². The molecule has 2 aliphatic heterocycles. The van der Waals surface area contributed by atoms with Gasteiger partial charge >= 0.3 is 0 Å². The van der Waals surface area contributed by atoms with E-state index >= 15 is 0 Å². The molecule has 2 aliphatic rings. The molecule has 134 valence electrons. The Labute approximate surface area is 153 Å². The number of amides is 2. The summed E-state index contributed by atoms with van der Waals surface area (Å²) in [5, 5.41) is 2.71. The number of hydrogen-bond acceptors (Lipinski definition) is 3. The fraction of sp³-hybridized carbons (Fsp3) is 0.333. The third-order valence-electron chi connectivity index (χ3n) is 5.33. The first-order chi connectivity index (χ1) is 12.7. The van der Waals surface area contributed by atoms with Gasteiger partial charge in [0.05, 0.1) is 6.54 Å². The van der Waals surface area contributed by atoms with Gasteiger partial charge in [0.2, 0.25) is 5.91 Å². The molecule has 1 saturated heterocycles. The first kappa shape index (κ1) is 16.8. The smallest absolute Gasteiger partial charge is 0.251 e. The second-order valence-electron chi connectivity index (χ2n) is 6.99. The maximum atomic E-state index is 12.3. The number of nitrogens with zero attached hydrogens (tertiary/aromatic N) is 2. The monoisotopic (exact) mass is 349 g/mol. The quantitative estimate of drug-likeness (QED) is 0.914. The number of carbonyl (C=O) groups is 2. The fourth-order valence-electron chi connectivity index (χ4n) is 3.68. The zero-order chi connectivity index (χ0) is 17.9. The highest BCUT2D eigenvalue weighted by atomic mass is 16.2. The van der Waals surface area contributed by atoms with E-state index in [0.29, 0.717) is 11.6 Å². The van der Waals surface area contributed by atoms with Gasteiger partial charge in [0.25, 0.3) is 5.91 Å². The summed E-state index contributed by atoms with van der Waals surface area (Å²) in [5.41, 5.74) is 3.42. The van der Waals surface area contributed by atoms with Crippen LogP contribution in [0.15, 0.2) is 54.6 Å². The normalized spacial score (nSPS) is 17.3. The standard InChI is InChI=1S/C21H23N3O2/c25-20(12-22-21(26)17-7-2-1-3-8-17)24-14-19(15-24)23-11-10-16-6-4-5-9-18(16)13-23/h1-9,19H,10-15H2,(H,22,26). The van der Waals surface area contributed by atoms with Crippen molar-refractivity contribution in [3.05, 3.63) is 71.3 Å². The van der Waals surface area contributed by atoms with Crippen LogP contribution in [-0.4, -0.2) is 53.8 Å². The minimum atomic E-state index is -0.205. The van der Waals surface area contributed by atoms with Crippen molar-refractivity contribution in [3.8, 4) is 0 Å². The molecule has 2 aromatic carbocycles. The van der Waals surface area contributed by atoms with E-state index in [0.717, 1.165) is 32.6 Å². The fourth-order valence-corrected chi connectivity index (χ4v) is 3.68. The average Bonchev–Trinajstić information content (AvgIpc) is 2.65. The Bertz CT molecular complexity index is 800. The molecule has 5 nitrogen and oxygen atoms in total. The third-order valence-corrected chi connectivity index (χ3v) is 5.33. The van der Waals surface area contributed by atoms with Crippen LogP contribution in [0.25, 0.3) is 0 Å². The molecule has 0 spiro atoms. The summed E-state index contributed by atoms with van der Waals surface area (Å²) < 4.78 is 0. The first-order valence-electron chi connectivity index (χ1n) is 9.12. The minimum Gasteiger partial charge on any atom is -0.343 e. The van der Waals surface area contributed by atoms with Crippen LogP contribution in [-0.2, 0) is 17.8 Å². The molecular formula is C21H23N3O2. The van der Waals surface area contributed by atoms with Gasteiger partial charge in [-0.2, -0.15) is 0 Å². The SMILES string of the molecule is O=C(NCC(=O)N1CC(N2CCc3ccccc3C2)C1)c1ccccc1. The van der Waals surface area contributed by atoms with Crippen LogP contribution >= 0.6 is 0 Å². The summed E-state index contributed by atoms with van der Waals surface area (Å²) in [7, 11) is 0. The van der Waals surface area contributed by atoms with Crippen molar-refractivity contribution in [2.45, 2.75) is 19.0 Å². The second-order valence-corrected chi connectivity index (χ2v) is 6.99. The number of carbonyl (C=O) groups excluding carboxylic acids is 2. The molecule has 2 aromatic rings. The van der Waals surface area contributed by atoms with Gasteiger partial charge in [0.15, 0.2) is 0 Å². The molecule has 5 heteroatoms. The van der Waals surface area contributed by atoms with E-state index in [1.165, 1.54) is 11.1 Å². The molecule has 2 heterocycles. The van der Waals surface area contributed by atoms with Crippen LogP contribution < -0.4 is 5.32 Å². The molecule has 1 N–H and O–H groups in total. The zero-order valence-electron chi connectivity index (χ0n) is 14.7. The molecule has 0 aromatic heterocycles. The Morgan fingerprint density at radius 3 is 2.42 bits per heavy atom. The number of benzene rings is 2. The Hall–Kier alpha value is -2.66. The van der Waals surface area contributed by atoms with Gasteiger partial charge < -0.3 is 10.2 Å². The summed E-state index contributed by atoms with van der Waals surface area (Å²) in [6, 6.07) is 18.0. The highest BCUT2D eigenvalue weighted by molar-refractivity contribution is 5.96. The summed E-state index contributed by atoms with van der Waals surface area (Å²) >= 11 is 0. The first-order valence-corrected chi connectivity index (χ1v) is 9.12.